The molecule has 48 heavy (non-hydrogen) atoms. The van der Waals surface area contributed by atoms with Crippen LogP contribution in [0.1, 0.15) is 23.1 Å². The maximum atomic E-state index is 5.14. The second kappa shape index (κ2) is 12.0. The molecule has 3 heterocycles. The summed E-state index contributed by atoms with van der Waals surface area (Å²) in [6, 6.07) is 51.4. The number of amidine groups is 1. The lowest BCUT2D eigenvalue weighted by atomic mass is 9.95. The first-order chi connectivity index (χ1) is 23.8. The van der Waals surface area contributed by atoms with Crippen molar-refractivity contribution in [2.75, 3.05) is 0 Å². The minimum atomic E-state index is 0.707. The fraction of sp³-hybridized carbons (Fsp3) is 0.0227. The molecule has 0 atom stereocenters. The maximum absolute atomic E-state index is 5.14. The lowest BCUT2D eigenvalue weighted by molar-refractivity contribution is 1.37. The lowest BCUT2D eigenvalue weighted by Crippen LogP contribution is -2.04. The van der Waals surface area contributed by atoms with Gasteiger partial charge in [-0.05, 0) is 50.7 Å². The molecule has 0 radical (unpaired) electrons. The van der Waals surface area contributed by atoms with Gasteiger partial charge in [0.25, 0.3) is 0 Å². The van der Waals surface area contributed by atoms with Crippen molar-refractivity contribution in [2.24, 2.45) is 9.98 Å². The van der Waals surface area contributed by atoms with Gasteiger partial charge in [0, 0.05) is 45.4 Å². The van der Waals surface area contributed by atoms with E-state index in [9.17, 15) is 0 Å². The Labute approximate surface area is 282 Å². The largest absolute Gasteiger partial charge is 0.263 e. The third-order valence-corrected chi connectivity index (χ3v) is 10.2. The van der Waals surface area contributed by atoms with Crippen LogP contribution in [0, 0.1) is 0 Å². The molecule has 226 valence electrons. The number of pyridine rings is 1. The van der Waals surface area contributed by atoms with Gasteiger partial charge >= 0.3 is 0 Å². The highest BCUT2D eigenvalue weighted by molar-refractivity contribution is 7.25. The number of allylic oxidation sites excluding steroid dienone is 1. The molecule has 0 amide bonds. The van der Waals surface area contributed by atoms with Crippen molar-refractivity contribution >= 4 is 59.5 Å². The molecule has 0 N–H and O–H groups in total. The Balaban J connectivity index is 1.14. The highest BCUT2D eigenvalue weighted by Crippen LogP contribution is 2.42. The molecule has 0 unspecified atom stereocenters. The normalized spacial score (nSPS) is 13.3. The molecule has 0 fully saturated rings. The van der Waals surface area contributed by atoms with E-state index in [1.165, 1.54) is 42.1 Å². The first-order valence-corrected chi connectivity index (χ1v) is 17.0. The summed E-state index contributed by atoms with van der Waals surface area (Å²) in [5.74, 6) is 0.713. The standard InChI is InChI=1S/C44H29N3S/c1-3-11-31(12-4-1)39-23-24-40(32-13-5-2-6-14-32)47-44(46-39)33-20-18-30(19-21-33)38-27-45-28-42-43(38)37-26-34(22-25-41(37)48-42)36-17-9-15-29-10-7-8-16-35(29)36/h1-23,25-28H,24H2. The third kappa shape index (κ3) is 5.13. The fourth-order valence-corrected chi connectivity index (χ4v) is 7.76. The zero-order valence-electron chi connectivity index (χ0n) is 26.0. The molecule has 1 aliphatic rings. The van der Waals surface area contributed by atoms with Crippen molar-refractivity contribution in [3.05, 3.63) is 181 Å². The molecule has 0 saturated heterocycles. The van der Waals surface area contributed by atoms with Crippen LogP contribution in [0.3, 0.4) is 0 Å². The van der Waals surface area contributed by atoms with E-state index in [0.717, 1.165) is 39.2 Å². The average molecular weight is 632 g/mol. The average Bonchev–Trinajstić information content (AvgIpc) is 3.38. The molecular formula is C44H29N3S. The van der Waals surface area contributed by atoms with E-state index >= 15 is 0 Å². The molecule has 9 rings (SSSR count). The number of rotatable bonds is 5. The molecule has 0 spiro atoms. The molecule has 6 aromatic carbocycles. The Morgan fingerprint density at radius 3 is 2.02 bits per heavy atom. The number of hydrogen-bond acceptors (Lipinski definition) is 4. The van der Waals surface area contributed by atoms with Crippen LogP contribution in [-0.4, -0.2) is 16.5 Å². The molecule has 1 aliphatic heterocycles. The SMILES string of the molecule is C1=C(c2ccccc2)N=C(c2ccc(-c3cncc4sc5ccc(-c6cccc7ccccc67)cc5c34)cc2)N=C(c2ccccc2)C1. The van der Waals surface area contributed by atoms with E-state index in [4.69, 9.17) is 9.98 Å². The maximum Gasteiger partial charge on any atom is 0.160 e. The minimum Gasteiger partial charge on any atom is -0.263 e. The highest BCUT2D eigenvalue weighted by atomic mass is 32.1. The van der Waals surface area contributed by atoms with Crippen LogP contribution in [0.4, 0.5) is 0 Å². The summed E-state index contributed by atoms with van der Waals surface area (Å²) in [5.41, 5.74) is 9.82. The van der Waals surface area contributed by atoms with Gasteiger partial charge in [0.15, 0.2) is 5.84 Å². The number of hydrogen-bond donors (Lipinski definition) is 0. The molecule has 4 heteroatoms. The van der Waals surface area contributed by atoms with Gasteiger partial charge in [-0.15, -0.1) is 11.3 Å². The van der Waals surface area contributed by atoms with Crippen LogP contribution in [0.15, 0.2) is 174 Å². The van der Waals surface area contributed by atoms with Crippen LogP contribution in [0.5, 0.6) is 0 Å². The predicted molar refractivity (Wildman–Crippen MR) is 204 cm³/mol. The second-order valence-electron chi connectivity index (χ2n) is 12.0. The predicted octanol–water partition coefficient (Wildman–Crippen LogP) is 11.6. The van der Waals surface area contributed by atoms with Crippen LogP contribution >= 0.6 is 11.3 Å². The summed E-state index contributed by atoms with van der Waals surface area (Å²) in [6.45, 7) is 0. The van der Waals surface area contributed by atoms with Crippen LogP contribution < -0.4 is 0 Å². The zero-order chi connectivity index (χ0) is 31.9. The van der Waals surface area contributed by atoms with Gasteiger partial charge in [-0.25, -0.2) is 9.98 Å². The summed E-state index contributed by atoms with van der Waals surface area (Å²) < 4.78 is 2.44. The van der Waals surface area contributed by atoms with Crippen molar-refractivity contribution in [2.45, 2.75) is 6.42 Å². The highest BCUT2D eigenvalue weighted by Gasteiger charge is 2.16. The van der Waals surface area contributed by atoms with E-state index < -0.39 is 0 Å². The summed E-state index contributed by atoms with van der Waals surface area (Å²) in [6.07, 6.45) is 6.88. The van der Waals surface area contributed by atoms with Gasteiger partial charge in [-0.2, -0.15) is 0 Å². The lowest BCUT2D eigenvalue weighted by Gasteiger charge is -2.09. The number of fused-ring (bicyclic) bond motifs is 4. The molecule has 2 aromatic heterocycles. The molecule has 0 saturated carbocycles. The van der Waals surface area contributed by atoms with Crippen LogP contribution in [-0.2, 0) is 0 Å². The van der Waals surface area contributed by atoms with E-state index in [0.29, 0.717) is 12.3 Å². The van der Waals surface area contributed by atoms with Gasteiger partial charge in [-0.3, -0.25) is 4.98 Å². The van der Waals surface area contributed by atoms with E-state index in [-0.39, 0.29) is 0 Å². The van der Waals surface area contributed by atoms with Gasteiger partial charge in [0.2, 0.25) is 0 Å². The monoisotopic (exact) mass is 631 g/mol. The van der Waals surface area contributed by atoms with Crippen molar-refractivity contribution in [3.63, 3.8) is 0 Å². The topological polar surface area (TPSA) is 37.6 Å². The number of aromatic nitrogens is 1. The first kappa shape index (κ1) is 28.3. The summed E-state index contributed by atoms with van der Waals surface area (Å²) in [7, 11) is 0. The number of aliphatic imine (C=N–C) groups is 2. The van der Waals surface area contributed by atoms with Crippen molar-refractivity contribution in [1.82, 2.24) is 4.98 Å². The molecule has 3 nitrogen and oxygen atoms in total. The molecule has 8 aromatic rings. The molecular weight excluding hydrogens is 603 g/mol. The number of nitrogens with zero attached hydrogens (tertiary/aromatic N) is 3. The van der Waals surface area contributed by atoms with Gasteiger partial charge in [-0.1, -0.05) is 140 Å². The van der Waals surface area contributed by atoms with E-state index in [2.05, 4.69) is 145 Å². The summed E-state index contributed by atoms with van der Waals surface area (Å²) in [4.78, 5) is 14.9. The summed E-state index contributed by atoms with van der Waals surface area (Å²) >= 11 is 1.80. The zero-order valence-corrected chi connectivity index (χ0v) is 26.9. The van der Waals surface area contributed by atoms with E-state index in [1.807, 2.05) is 24.5 Å². The smallest absolute Gasteiger partial charge is 0.160 e. The Kier molecular flexibility index (Phi) is 7.07. The third-order valence-electron chi connectivity index (χ3n) is 9.07. The number of benzene rings is 6. The van der Waals surface area contributed by atoms with E-state index in [1.54, 1.807) is 11.3 Å². The number of thiophene rings is 1. The Hall–Kier alpha value is -5.97. The second-order valence-corrected chi connectivity index (χ2v) is 13.1. The van der Waals surface area contributed by atoms with Crippen LogP contribution in [0.25, 0.3) is 58.9 Å². The van der Waals surface area contributed by atoms with Crippen LogP contribution in [0.2, 0.25) is 0 Å². The Morgan fingerprint density at radius 1 is 0.479 bits per heavy atom. The van der Waals surface area contributed by atoms with Crippen molar-refractivity contribution < 1.29 is 0 Å². The Morgan fingerprint density at radius 2 is 1.19 bits per heavy atom. The quantitative estimate of drug-likeness (QED) is 0.186. The molecule has 0 bridgehead atoms. The van der Waals surface area contributed by atoms with Gasteiger partial charge in [0.1, 0.15) is 0 Å². The van der Waals surface area contributed by atoms with Gasteiger partial charge in [0.05, 0.1) is 16.1 Å². The Bertz CT molecular complexity index is 2550. The van der Waals surface area contributed by atoms with Gasteiger partial charge < -0.3 is 0 Å². The molecule has 0 aliphatic carbocycles. The first-order valence-electron chi connectivity index (χ1n) is 16.1. The fourth-order valence-electron chi connectivity index (χ4n) is 6.68. The minimum absolute atomic E-state index is 0.707. The van der Waals surface area contributed by atoms with Crippen molar-refractivity contribution in [3.8, 4) is 22.3 Å². The van der Waals surface area contributed by atoms with Crippen molar-refractivity contribution in [1.29, 1.82) is 0 Å². The summed E-state index contributed by atoms with van der Waals surface area (Å²) in [5, 5.41) is 5.01.